The lowest BCUT2D eigenvalue weighted by Crippen LogP contribution is -2.27. The van der Waals surface area contributed by atoms with E-state index in [4.69, 9.17) is 4.52 Å². The van der Waals surface area contributed by atoms with Crippen LogP contribution in [-0.4, -0.2) is 32.9 Å². The SMILES string of the molecule is CN(C(=O)c1cc(-c2ccc(F)cc2)nc2onc(C3CC3)c12)c1ccn(C)n1. The van der Waals surface area contributed by atoms with Crippen LogP contribution < -0.4 is 4.90 Å². The van der Waals surface area contributed by atoms with Crippen molar-refractivity contribution in [3.05, 3.63) is 59.7 Å². The molecule has 29 heavy (non-hydrogen) atoms. The van der Waals surface area contributed by atoms with Crippen LogP contribution in [0.5, 0.6) is 0 Å². The number of aromatic nitrogens is 4. The number of pyridine rings is 1. The lowest BCUT2D eigenvalue weighted by atomic mass is 10.0. The van der Waals surface area contributed by atoms with Gasteiger partial charge in [-0.2, -0.15) is 5.10 Å². The third-order valence-corrected chi connectivity index (χ3v) is 5.16. The Morgan fingerprint density at radius 2 is 2.00 bits per heavy atom. The van der Waals surface area contributed by atoms with Gasteiger partial charge in [-0.1, -0.05) is 5.16 Å². The Hall–Kier alpha value is -3.55. The highest BCUT2D eigenvalue weighted by Crippen LogP contribution is 2.43. The van der Waals surface area contributed by atoms with Gasteiger partial charge in [-0.25, -0.2) is 9.37 Å². The Labute approximate surface area is 165 Å². The van der Waals surface area contributed by atoms with Crippen LogP contribution in [0.3, 0.4) is 0 Å². The number of carbonyl (C=O) groups excluding carboxylic acids is 1. The zero-order valence-electron chi connectivity index (χ0n) is 16.0. The maximum Gasteiger partial charge on any atom is 0.260 e. The fourth-order valence-electron chi connectivity index (χ4n) is 3.41. The lowest BCUT2D eigenvalue weighted by Gasteiger charge is -2.15. The number of rotatable bonds is 4. The van der Waals surface area contributed by atoms with Gasteiger partial charge in [0.1, 0.15) is 5.82 Å². The molecule has 7 nitrogen and oxygen atoms in total. The molecule has 1 aliphatic rings. The highest BCUT2D eigenvalue weighted by atomic mass is 19.1. The fourth-order valence-corrected chi connectivity index (χ4v) is 3.41. The first kappa shape index (κ1) is 17.5. The number of fused-ring (bicyclic) bond motifs is 1. The van der Waals surface area contributed by atoms with Crippen LogP contribution >= 0.6 is 0 Å². The summed E-state index contributed by atoms with van der Waals surface area (Å²) in [5, 5.41) is 9.15. The molecule has 0 spiro atoms. The topological polar surface area (TPSA) is 77.0 Å². The Bertz CT molecular complexity index is 1220. The number of benzene rings is 1. The molecule has 0 aliphatic heterocycles. The lowest BCUT2D eigenvalue weighted by molar-refractivity contribution is 0.0993. The maximum atomic E-state index is 13.4. The van der Waals surface area contributed by atoms with E-state index >= 15 is 0 Å². The van der Waals surface area contributed by atoms with Crippen LogP contribution in [0.1, 0.15) is 34.8 Å². The molecular formula is C21H18FN5O2. The monoisotopic (exact) mass is 391 g/mol. The smallest absolute Gasteiger partial charge is 0.260 e. The molecule has 0 bridgehead atoms. The summed E-state index contributed by atoms with van der Waals surface area (Å²) in [5.41, 5.74) is 2.74. The second-order valence-electron chi connectivity index (χ2n) is 7.30. The summed E-state index contributed by atoms with van der Waals surface area (Å²) >= 11 is 0. The van der Waals surface area contributed by atoms with E-state index in [1.165, 1.54) is 17.0 Å². The van der Waals surface area contributed by atoms with E-state index in [0.29, 0.717) is 39.7 Å². The van der Waals surface area contributed by atoms with Crippen LogP contribution in [0.2, 0.25) is 0 Å². The molecule has 5 rings (SSSR count). The summed E-state index contributed by atoms with van der Waals surface area (Å²) in [7, 11) is 3.48. The van der Waals surface area contributed by atoms with E-state index in [1.54, 1.807) is 49.2 Å². The second-order valence-corrected chi connectivity index (χ2v) is 7.30. The zero-order valence-corrected chi connectivity index (χ0v) is 16.0. The molecule has 3 aromatic heterocycles. The van der Waals surface area contributed by atoms with Crippen molar-refractivity contribution in [2.24, 2.45) is 7.05 Å². The number of aryl methyl sites for hydroxylation is 1. The highest BCUT2D eigenvalue weighted by Gasteiger charge is 2.33. The molecule has 8 heteroatoms. The molecule has 0 saturated heterocycles. The zero-order chi connectivity index (χ0) is 20.1. The van der Waals surface area contributed by atoms with Crippen LogP contribution in [0, 0.1) is 5.82 Å². The van der Waals surface area contributed by atoms with E-state index < -0.39 is 0 Å². The minimum Gasteiger partial charge on any atom is -0.335 e. The summed E-state index contributed by atoms with van der Waals surface area (Å²) in [6.07, 6.45) is 3.82. The number of hydrogen-bond donors (Lipinski definition) is 0. The molecule has 1 fully saturated rings. The average Bonchev–Trinajstić information content (AvgIpc) is 3.33. The van der Waals surface area contributed by atoms with Gasteiger partial charge in [-0.05, 0) is 43.2 Å². The molecule has 0 atom stereocenters. The first-order chi connectivity index (χ1) is 14.0. The van der Waals surface area contributed by atoms with E-state index in [-0.39, 0.29) is 11.7 Å². The van der Waals surface area contributed by atoms with Gasteiger partial charge in [0.2, 0.25) is 0 Å². The molecule has 1 saturated carbocycles. The fraction of sp³-hybridized carbons (Fsp3) is 0.238. The van der Waals surface area contributed by atoms with Crippen LogP contribution in [-0.2, 0) is 7.05 Å². The Morgan fingerprint density at radius 3 is 2.66 bits per heavy atom. The van der Waals surface area contributed by atoms with Gasteiger partial charge >= 0.3 is 0 Å². The minimum atomic E-state index is -0.336. The van der Waals surface area contributed by atoms with E-state index in [1.807, 2.05) is 0 Å². The molecular weight excluding hydrogens is 373 g/mol. The molecule has 0 unspecified atom stereocenters. The first-order valence-corrected chi connectivity index (χ1v) is 9.35. The molecule has 146 valence electrons. The maximum absolute atomic E-state index is 13.4. The van der Waals surface area contributed by atoms with Crippen molar-refractivity contribution in [2.45, 2.75) is 18.8 Å². The predicted molar refractivity (Wildman–Crippen MR) is 105 cm³/mol. The van der Waals surface area contributed by atoms with Crippen molar-refractivity contribution in [1.82, 2.24) is 19.9 Å². The standard InChI is InChI=1S/C21H18FN5O2/c1-26-10-9-17(24-26)27(2)21(28)15-11-16(12-5-7-14(22)8-6-12)23-20-18(15)19(25-29-20)13-3-4-13/h5-11,13H,3-4H2,1-2H3. The summed E-state index contributed by atoms with van der Waals surface area (Å²) in [5.74, 6) is 0.262. The summed E-state index contributed by atoms with van der Waals surface area (Å²) < 4.78 is 20.5. The molecule has 0 radical (unpaired) electrons. The molecule has 4 aromatic rings. The molecule has 3 heterocycles. The van der Waals surface area contributed by atoms with Gasteiger partial charge in [0.15, 0.2) is 5.82 Å². The minimum absolute atomic E-state index is 0.232. The average molecular weight is 391 g/mol. The van der Waals surface area contributed by atoms with Crippen LogP contribution in [0.4, 0.5) is 10.2 Å². The number of hydrogen-bond acceptors (Lipinski definition) is 5. The van der Waals surface area contributed by atoms with Crippen molar-refractivity contribution in [3.8, 4) is 11.3 Å². The number of carbonyl (C=O) groups is 1. The second kappa shape index (κ2) is 6.51. The van der Waals surface area contributed by atoms with E-state index in [2.05, 4.69) is 15.2 Å². The molecule has 0 N–H and O–H groups in total. The van der Waals surface area contributed by atoms with Crippen molar-refractivity contribution in [2.75, 3.05) is 11.9 Å². The highest BCUT2D eigenvalue weighted by molar-refractivity contribution is 6.13. The first-order valence-electron chi connectivity index (χ1n) is 9.35. The number of anilines is 1. The summed E-state index contributed by atoms with van der Waals surface area (Å²) in [6, 6.07) is 9.46. The molecule has 1 amide bonds. The molecule has 1 aliphatic carbocycles. The van der Waals surface area contributed by atoms with Gasteiger partial charge < -0.3 is 4.52 Å². The Morgan fingerprint density at radius 1 is 1.24 bits per heavy atom. The van der Waals surface area contributed by atoms with Gasteiger partial charge in [0.05, 0.1) is 22.3 Å². The van der Waals surface area contributed by atoms with Crippen LogP contribution in [0.25, 0.3) is 22.4 Å². The van der Waals surface area contributed by atoms with Gasteiger partial charge in [0, 0.05) is 37.8 Å². The number of halogens is 1. The summed E-state index contributed by atoms with van der Waals surface area (Å²) in [6.45, 7) is 0. The van der Waals surface area contributed by atoms with Crippen LogP contribution in [0.15, 0.2) is 47.1 Å². The van der Waals surface area contributed by atoms with Crippen molar-refractivity contribution in [1.29, 1.82) is 0 Å². The number of amides is 1. The number of nitrogens with zero attached hydrogens (tertiary/aromatic N) is 5. The van der Waals surface area contributed by atoms with Crippen molar-refractivity contribution in [3.63, 3.8) is 0 Å². The Kier molecular flexibility index (Phi) is 3.94. The van der Waals surface area contributed by atoms with Gasteiger partial charge in [-0.15, -0.1) is 0 Å². The predicted octanol–water partition coefficient (Wildman–Crippen LogP) is 3.92. The van der Waals surface area contributed by atoms with E-state index in [9.17, 15) is 9.18 Å². The summed E-state index contributed by atoms with van der Waals surface area (Å²) in [4.78, 5) is 19.5. The largest absolute Gasteiger partial charge is 0.335 e. The Balaban J connectivity index is 1.67. The van der Waals surface area contributed by atoms with Crippen molar-refractivity contribution < 1.29 is 13.7 Å². The normalized spacial score (nSPS) is 13.8. The van der Waals surface area contributed by atoms with Gasteiger partial charge in [0.25, 0.3) is 11.6 Å². The molecule has 1 aromatic carbocycles. The quantitative estimate of drug-likeness (QED) is 0.527. The van der Waals surface area contributed by atoms with Crippen molar-refractivity contribution >= 4 is 22.8 Å². The van der Waals surface area contributed by atoms with E-state index in [0.717, 1.165) is 18.5 Å². The third-order valence-electron chi connectivity index (χ3n) is 5.16. The van der Waals surface area contributed by atoms with Gasteiger partial charge in [-0.3, -0.25) is 14.4 Å². The third kappa shape index (κ3) is 3.06.